The van der Waals surface area contributed by atoms with Gasteiger partial charge in [0, 0.05) is 19.5 Å². The van der Waals surface area contributed by atoms with Crippen molar-refractivity contribution in [2.45, 2.75) is 18.9 Å². The van der Waals surface area contributed by atoms with Gasteiger partial charge in [-0.2, -0.15) is 5.10 Å². The molecule has 0 amide bonds. The summed E-state index contributed by atoms with van der Waals surface area (Å²) in [6.45, 7) is 4.08. The number of nitrogens with one attached hydrogen (secondary N) is 1. The zero-order chi connectivity index (χ0) is 12.4. The highest BCUT2D eigenvalue weighted by Gasteiger charge is 2.23. The molecule has 0 aromatic carbocycles. The zero-order valence-corrected chi connectivity index (χ0v) is 11.1. The molecule has 92 valence electrons. The van der Waals surface area contributed by atoms with Crippen LogP contribution in [0.3, 0.4) is 0 Å². The van der Waals surface area contributed by atoms with E-state index in [0.29, 0.717) is 12.4 Å². The van der Waals surface area contributed by atoms with E-state index in [1.807, 2.05) is 13.8 Å². The third kappa shape index (κ3) is 3.20. The summed E-state index contributed by atoms with van der Waals surface area (Å²) >= 11 is 5.73. The lowest BCUT2D eigenvalue weighted by molar-refractivity contribution is 0.413. The van der Waals surface area contributed by atoms with Gasteiger partial charge in [-0.1, -0.05) is 13.8 Å². The summed E-state index contributed by atoms with van der Waals surface area (Å²) in [4.78, 5) is 0. The number of aryl methyl sites for hydroxylation is 1. The highest BCUT2D eigenvalue weighted by Crippen LogP contribution is 2.16. The summed E-state index contributed by atoms with van der Waals surface area (Å²) in [5, 5.41) is 3.97. The van der Waals surface area contributed by atoms with E-state index in [1.165, 1.54) is 16.9 Å². The van der Waals surface area contributed by atoms with Crippen LogP contribution in [0.25, 0.3) is 0 Å². The molecular weight excluding hydrogens is 250 g/mol. The molecule has 0 fully saturated rings. The van der Waals surface area contributed by atoms with Gasteiger partial charge < -0.3 is 0 Å². The molecule has 0 atom stereocenters. The minimum absolute atomic E-state index is 0.151. The van der Waals surface area contributed by atoms with Crippen LogP contribution in [0.2, 0.25) is 0 Å². The Morgan fingerprint density at radius 3 is 2.62 bits per heavy atom. The molecule has 7 heteroatoms. The van der Waals surface area contributed by atoms with Gasteiger partial charge in [0.25, 0.3) is 10.0 Å². The molecular formula is C9H16ClN3O2S. The SMILES string of the molecule is Cn1nccc1S(=O)(=O)NCC(C)(C)CCl. The quantitative estimate of drug-likeness (QED) is 0.807. The summed E-state index contributed by atoms with van der Waals surface area (Å²) in [7, 11) is -1.91. The Balaban J connectivity index is 2.79. The molecule has 0 unspecified atom stereocenters. The van der Waals surface area contributed by atoms with Gasteiger partial charge in [-0.05, 0) is 11.5 Å². The molecule has 1 rings (SSSR count). The molecule has 1 aromatic heterocycles. The number of nitrogens with zero attached hydrogens (tertiary/aromatic N) is 2. The molecule has 0 saturated carbocycles. The predicted molar refractivity (Wildman–Crippen MR) is 62.9 cm³/mol. The smallest absolute Gasteiger partial charge is 0.256 e. The highest BCUT2D eigenvalue weighted by atomic mass is 35.5. The number of alkyl halides is 1. The van der Waals surface area contributed by atoms with Crippen LogP contribution in [0.4, 0.5) is 0 Å². The fourth-order valence-electron chi connectivity index (χ4n) is 1.04. The standard InChI is InChI=1S/C9H16ClN3O2S/c1-9(2,6-10)7-12-16(14,15)8-4-5-11-13(8)3/h4-5,12H,6-7H2,1-3H3. The van der Waals surface area contributed by atoms with Gasteiger partial charge in [-0.15, -0.1) is 11.6 Å². The lowest BCUT2D eigenvalue weighted by atomic mass is 9.97. The third-order valence-corrected chi connectivity index (χ3v) is 4.35. The first kappa shape index (κ1) is 13.5. The molecule has 1 N–H and O–H groups in total. The van der Waals surface area contributed by atoms with E-state index in [4.69, 9.17) is 11.6 Å². The van der Waals surface area contributed by atoms with Crippen molar-refractivity contribution < 1.29 is 8.42 Å². The van der Waals surface area contributed by atoms with E-state index in [2.05, 4.69) is 9.82 Å². The summed E-state index contributed by atoms with van der Waals surface area (Å²) in [5.74, 6) is 0.390. The molecule has 0 bridgehead atoms. The summed E-state index contributed by atoms with van der Waals surface area (Å²) in [6, 6.07) is 1.45. The number of rotatable bonds is 5. The number of aromatic nitrogens is 2. The van der Waals surface area contributed by atoms with Crippen LogP contribution in [0.15, 0.2) is 17.3 Å². The second-order valence-corrected chi connectivity index (χ2v) is 6.40. The fraction of sp³-hybridized carbons (Fsp3) is 0.667. The third-order valence-electron chi connectivity index (χ3n) is 2.15. The van der Waals surface area contributed by atoms with E-state index in [0.717, 1.165) is 0 Å². The number of hydrogen-bond acceptors (Lipinski definition) is 3. The molecule has 5 nitrogen and oxygen atoms in total. The predicted octanol–water partition coefficient (Wildman–Crippen LogP) is 0.963. The highest BCUT2D eigenvalue weighted by molar-refractivity contribution is 7.89. The first-order valence-corrected chi connectivity index (χ1v) is 6.84. The Kier molecular flexibility index (Phi) is 3.98. The summed E-state index contributed by atoms with van der Waals surface area (Å²) in [5.41, 5.74) is -0.271. The Hall–Kier alpha value is -0.590. The van der Waals surface area contributed by atoms with Crippen LogP contribution >= 0.6 is 11.6 Å². The van der Waals surface area contributed by atoms with Gasteiger partial charge in [0.2, 0.25) is 0 Å². The average molecular weight is 266 g/mol. The zero-order valence-electron chi connectivity index (χ0n) is 9.57. The molecule has 0 aliphatic rings. The molecule has 0 aliphatic heterocycles. The van der Waals surface area contributed by atoms with Crippen molar-refractivity contribution in [1.29, 1.82) is 0 Å². The van der Waals surface area contributed by atoms with E-state index < -0.39 is 10.0 Å². The minimum atomic E-state index is -3.50. The Bertz CT molecular complexity index is 453. The molecule has 0 spiro atoms. The molecule has 0 radical (unpaired) electrons. The molecule has 16 heavy (non-hydrogen) atoms. The van der Waals surface area contributed by atoms with Crippen molar-refractivity contribution in [1.82, 2.24) is 14.5 Å². The fourth-order valence-corrected chi connectivity index (χ4v) is 2.50. The van der Waals surface area contributed by atoms with E-state index in [-0.39, 0.29) is 10.4 Å². The monoisotopic (exact) mass is 265 g/mol. The van der Waals surface area contributed by atoms with Gasteiger partial charge in [0.1, 0.15) is 0 Å². The van der Waals surface area contributed by atoms with Crippen molar-refractivity contribution >= 4 is 21.6 Å². The lowest BCUT2D eigenvalue weighted by Crippen LogP contribution is -2.35. The normalized spacial score (nSPS) is 13.0. The summed E-state index contributed by atoms with van der Waals surface area (Å²) in [6.07, 6.45) is 1.45. The largest absolute Gasteiger partial charge is 0.257 e. The van der Waals surface area contributed by atoms with Crippen LogP contribution in [-0.2, 0) is 17.1 Å². The maximum absolute atomic E-state index is 11.9. The van der Waals surface area contributed by atoms with Gasteiger partial charge >= 0.3 is 0 Å². The van der Waals surface area contributed by atoms with Gasteiger partial charge in [-0.3, -0.25) is 4.68 Å². The van der Waals surface area contributed by atoms with Crippen molar-refractivity contribution in [3.05, 3.63) is 12.3 Å². The molecule has 1 aromatic rings. The second kappa shape index (κ2) is 4.73. The first-order valence-electron chi connectivity index (χ1n) is 4.82. The van der Waals surface area contributed by atoms with E-state index >= 15 is 0 Å². The van der Waals surface area contributed by atoms with Crippen LogP contribution in [0.1, 0.15) is 13.8 Å². The van der Waals surface area contributed by atoms with Crippen molar-refractivity contribution in [2.24, 2.45) is 12.5 Å². The average Bonchev–Trinajstić information content (AvgIpc) is 2.63. The second-order valence-electron chi connectivity index (χ2n) is 4.42. The van der Waals surface area contributed by atoms with Crippen LogP contribution in [-0.4, -0.2) is 30.6 Å². The van der Waals surface area contributed by atoms with E-state index in [9.17, 15) is 8.42 Å². The Labute approximate surface area is 101 Å². The molecule has 0 aliphatic carbocycles. The maximum atomic E-state index is 11.9. The number of halogens is 1. The molecule has 0 saturated heterocycles. The topological polar surface area (TPSA) is 64.0 Å². The van der Waals surface area contributed by atoms with Gasteiger partial charge in [0.05, 0.1) is 6.20 Å². The minimum Gasteiger partial charge on any atom is -0.256 e. The number of hydrogen-bond donors (Lipinski definition) is 1. The van der Waals surface area contributed by atoms with Crippen molar-refractivity contribution in [3.8, 4) is 0 Å². The van der Waals surface area contributed by atoms with Crippen LogP contribution < -0.4 is 4.72 Å². The van der Waals surface area contributed by atoms with Crippen LogP contribution in [0, 0.1) is 5.41 Å². The van der Waals surface area contributed by atoms with Gasteiger partial charge in [0.15, 0.2) is 5.03 Å². The van der Waals surface area contributed by atoms with Crippen molar-refractivity contribution in [2.75, 3.05) is 12.4 Å². The van der Waals surface area contributed by atoms with Crippen molar-refractivity contribution in [3.63, 3.8) is 0 Å². The maximum Gasteiger partial charge on any atom is 0.257 e. The van der Waals surface area contributed by atoms with Gasteiger partial charge in [-0.25, -0.2) is 13.1 Å². The summed E-state index contributed by atoms with van der Waals surface area (Å²) < 4.78 is 27.6. The Morgan fingerprint density at radius 1 is 1.56 bits per heavy atom. The Morgan fingerprint density at radius 2 is 2.19 bits per heavy atom. The lowest BCUT2D eigenvalue weighted by Gasteiger charge is -2.21. The van der Waals surface area contributed by atoms with E-state index in [1.54, 1.807) is 7.05 Å². The van der Waals surface area contributed by atoms with Crippen LogP contribution in [0.5, 0.6) is 0 Å². The number of sulfonamides is 1. The molecule has 1 heterocycles. The first-order chi connectivity index (χ1) is 7.28.